The van der Waals surface area contributed by atoms with Gasteiger partial charge in [0.15, 0.2) is 0 Å². The lowest BCUT2D eigenvalue weighted by Gasteiger charge is -2.49. The van der Waals surface area contributed by atoms with Gasteiger partial charge in [0.2, 0.25) is 0 Å². The number of aliphatic hydroxyl groups excluding tert-OH is 1. The standard InChI is InChI=1S/C11H20O2/c1-4-7-11(13)8-5-6-9(12)10(11,2)3/h4,9,12-13H,1,5-8H2,2-3H3. The molecule has 1 saturated carbocycles. The highest BCUT2D eigenvalue weighted by molar-refractivity contribution is 5.03. The van der Waals surface area contributed by atoms with E-state index in [0.29, 0.717) is 6.42 Å². The van der Waals surface area contributed by atoms with Crippen LogP contribution in [0.5, 0.6) is 0 Å². The Morgan fingerprint density at radius 2 is 2.15 bits per heavy atom. The van der Waals surface area contributed by atoms with Gasteiger partial charge in [0.25, 0.3) is 0 Å². The predicted octanol–water partition coefficient (Wildman–Crippen LogP) is 1.86. The van der Waals surface area contributed by atoms with Crippen molar-refractivity contribution in [2.24, 2.45) is 5.41 Å². The first kappa shape index (κ1) is 10.7. The van der Waals surface area contributed by atoms with Crippen LogP contribution in [0.1, 0.15) is 39.5 Å². The molecule has 0 radical (unpaired) electrons. The van der Waals surface area contributed by atoms with Crippen molar-refractivity contribution in [3.63, 3.8) is 0 Å². The molecule has 0 bridgehead atoms. The van der Waals surface area contributed by atoms with Crippen molar-refractivity contribution in [2.75, 3.05) is 0 Å². The van der Waals surface area contributed by atoms with E-state index in [-0.39, 0.29) is 0 Å². The van der Waals surface area contributed by atoms with Crippen LogP contribution in [0.4, 0.5) is 0 Å². The molecule has 0 aromatic rings. The van der Waals surface area contributed by atoms with E-state index in [1.54, 1.807) is 6.08 Å². The quantitative estimate of drug-likeness (QED) is 0.643. The second-order valence-electron chi connectivity index (χ2n) is 4.65. The first-order chi connectivity index (χ1) is 5.94. The summed E-state index contributed by atoms with van der Waals surface area (Å²) in [7, 11) is 0. The van der Waals surface area contributed by atoms with Crippen molar-refractivity contribution < 1.29 is 10.2 Å². The molecule has 0 saturated heterocycles. The lowest BCUT2D eigenvalue weighted by atomic mass is 9.62. The second kappa shape index (κ2) is 3.43. The van der Waals surface area contributed by atoms with Gasteiger partial charge in [-0.25, -0.2) is 0 Å². The lowest BCUT2D eigenvalue weighted by Crippen LogP contribution is -2.54. The van der Waals surface area contributed by atoms with Gasteiger partial charge in [0, 0.05) is 5.41 Å². The molecule has 0 aliphatic heterocycles. The Morgan fingerprint density at radius 3 is 2.69 bits per heavy atom. The fraction of sp³-hybridized carbons (Fsp3) is 0.818. The van der Waals surface area contributed by atoms with Gasteiger partial charge in [-0.1, -0.05) is 19.9 Å². The van der Waals surface area contributed by atoms with Crippen LogP contribution in [0.3, 0.4) is 0 Å². The summed E-state index contributed by atoms with van der Waals surface area (Å²) < 4.78 is 0. The Morgan fingerprint density at radius 1 is 1.54 bits per heavy atom. The third-order valence-electron chi connectivity index (χ3n) is 3.58. The fourth-order valence-electron chi connectivity index (χ4n) is 2.18. The van der Waals surface area contributed by atoms with E-state index >= 15 is 0 Å². The van der Waals surface area contributed by atoms with E-state index in [1.165, 1.54) is 0 Å². The molecule has 13 heavy (non-hydrogen) atoms. The smallest absolute Gasteiger partial charge is 0.0757 e. The van der Waals surface area contributed by atoms with E-state index < -0.39 is 17.1 Å². The number of hydrogen-bond donors (Lipinski definition) is 2. The third kappa shape index (κ3) is 1.65. The van der Waals surface area contributed by atoms with Gasteiger partial charge in [0.1, 0.15) is 0 Å². The van der Waals surface area contributed by atoms with Crippen LogP contribution in [0.25, 0.3) is 0 Å². The summed E-state index contributed by atoms with van der Waals surface area (Å²) >= 11 is 0. The van der Waals surface area contributed by atoms with Crippen molar-refractivity contribution in [3.8, 4) is 0 Å². The Kier molecular flexibility index (Phi) is 2.83. The summed E-state index contributed by atoms with van der Waals surface area (Å²) in [4.78, 5) is 0. The molecule has 76 valence electrons. The SMILES string of the molecule is C=CCC1(O)CCCC(O)C1(C)C. The molecule has 2 nitrogen and oxygen atoms in total. The zero-order valence-electron chi connectivity index (χ0n) is 8.58. The van der Waals surface area contributed by atoms with Gasteiger partial charge in [-0.2, -0.15) is 0 Å². The summed E-state index contributed by atoms with van der Waals surface area (Å²) in [5, 5.41) is 20.1. The van der Waals surface area contributed by atoms with Crippen molar-refractivity contribution in [1.29, 1.82) is 0 Å². The lowest BCUT2D eigenvalue weighted by molar-refractivity contribution is -0.152. The molecular weight excluding hydrogens is 164 g/mol. The minimum Gasteiger partial charge on any atom is -0.392 e. The van der Waals surface area contributed by atoms with Crippen molar-refractivity contribution in [2.45, 2.75) is 51.2 Å². The fourth-order valence-corrected chi connectivity index (χ4v) is 2.18. The van der Waals surface area contributed by atoms with Crippen LogP contribution >= 0.6 is 0 Å². The molecule has 1 rings (SSSR count). The summed E-state index contributed by atoms with van der Waals surface area (Å²) in [5.74, 6) is 0. The molecule has 2 heteroatoms. The van der Waals surface area contributed by atoms with Crippen LogP contribution in [0.2, 0.25) is 0 Å². The Balaban J connectivity index is 2.87. The van der Waals surface area contributed by atoms with Gasteiger partial charge in [0.05, 0.1) is 11.7 Å². The highest BCUT2D eigenvalue weighted by Gasteiger charge is 2.49. The normalized spacial score (nSPS) is 38.6. The van der Waals surface area contributed by atoms with E-state index in [1.807, 2.05) is 13.8 Å². The average molecular weight is 184 g/mol. The van der Waals surface area contributed by atoms with Crippen molar-refractivity contribution in [1.82, 2.24) is 0 Å². The highest BCUT2D eigenvalue weighted by Crippen LogP contribution is 2.45. The van der Waals surface area contributed by atoms with Crippen molar-refractivity contribution in [3.05, 3.63) is 12.7 Å². The molecule has 0 spiro atoms. The Bertz CT molecular complexity index is 198. The van der Waals surface area contributed by atoms with Gasteiger partial charge in [-0.05, 0) is 25.7 Å². The van der Waals surface area contributed by atoms with Crippen LogP contribution < -0.4 is 0 Å². The van der Waals surface area contributed by atoms with E-state index in [9.17, 15) is 10.2 Å². The van der Waals surface area contributed by atoms with E-state index in [4.69, 9.17) is 0 Å². The molecule has 1 aliphatic rings. The molecule has 1 aliphatic carbocycles. The van der Waals surface area contributed by atoms with Crippen LogP contribution in [-0.4, -0.2) is 21.9 Å². The largest absolute Gasteiger partial charge is 0.392 e. The minimum absolute atomic E-state index is 0.397. The summed E-state index contributed by atoms with van der Waals surface area (Å²) in [6, 6.07) is 0. The molecule has 2 unspecified atom stereocenters. The third-order valence-corrected chi connectivity index (χ3v) is 3.58. The topological polar surface area (TPSA) is 40.5 Å². The summed E-state index contributed by atoms with van der Waals surface area (Å²) in [6.07, 6.45) is 4.37. The van der Waals surface area contributed by atoms with Crippen molar-refractivity contribution >= 4 is 0 Å². The molecule has 0 aromatic heterocycles. The molecule has 1 fully saturated rings. The minimum atomic E-state index is -0.771. The van der Waals surface area contributed by atoms with E-state index in [2.05, 4.69) is 6.58 Å². The zero-order chi connectivity index (χ0) is 10.1. The maximum Gasteiger partial charge on any atom is 0.0757 e. The summed E-state index contributed by atoms with van der Waals surface area (Å²) in [5.41, 5.74) is -1.19. The number of rotatable bonds is 2. The van der Waals surface area contributed by atoms with Gasteiger partial charge < -0.3 is 10.2 Å². The van der Waals surface area contributed by atoms with Crippen LogP contribution in [0, 0.1) is 5.41 Å². The van der Waals surface area contributed by atoms with Gasteiger partial charge in [-0.3, -0.25) is 0 Å². The molecule has 0 aromatic carbocycles. The molecular formula is C11H20O2. The van der Waals surface area contributed by atoms with Crippen LogP contribution in [0.15, 0.2) is 12.7 Å². The second-order valence-corrected chi connectivity index (χ2v) is 4.65. The molecule has 2 atom stereocenters. The number of aliphatic hydroxyl groups is 2. The maximum atomic E-state index is 10.3. The number of hydrogen-bond acceptors (Lipinski definition) is 2. The molecule has 2 N–H and O–H groups in total. The monoisotopic (exact) mass is 184 g/mol. The Hall–Kier alpha value is -0.340. The highest BCUT2D eigenvalue weighted by atomic mass is 16.3. The predicted molar refractivity (Wildman–Crippen MR) is 53.4 cm³/mol. The van der Waals surface area contributed by atoms with Crippen LogP contribution in [-0.2, 0) is 0 Å². The maximum absolute atomic E-state index is 10.3. The van der Waals surface area contributed by atoms with E-state index in [0.717, 1.165) is 19.3 Å². The Labute approximate surface area is 80.3 Å². The van der Waals surface area contributed by atoms with Gasteiger partial charge in [-0.15, -0.1) is 6.58 Å². The zero-order valence-corrected chi connectivity index (χ0v) is 8.58. The summed E-state index contributed by atoms with van der Waals surface area (Å²) in [6.45, 7) is 7.51. The average Bonchev–Trinajstić information content (AvgIpc) is 2.02. The first-order valence-corrected chi connectivity index (χ1v) is 4.95. The van der Waals surface area contributed by atoms with Gasteiger partial charge >= 0.3 is 0 Å². The molecule has 0 heterocycles. The first-order valence-electron chi connectivity index (χ1n) is 4.95. The molecule has 0 amide bonds.